The van der Waals surface area contributed by atoms with Crippen LogP contribution < -0.4 is 0 Å². The fourth-order valence-corrected chi connectivity index (χ4v) is 2.24. The van der Waals surface area contributed by atoms with Crippen LogP contribution in [0.4, 0.5) is 0 Å². The summed E-state index contributed by atoms with van der Waals surface area (Å²) in [4.78, 5) is 2.33. The van der Waals surface area contributed by atoms with Crippen molar-refractivity contribution in [3.8, 4) is 0 Å². The van der Waals surface area contributed by atoms with Crippen molar-refractivity contribution in [3.05, 3.63) is 35.9 Å². The first-order valence-electron chi connectivity index (χ1n) is 8.06. The summed E-state index contributed by atoms with van der Waals surface area (Å²) in [6.07, 6.45) is 0.647. The van der Waals surface area contributed by atoms with Crippen molar-refractivity contribution in [1.82, 2.24) is 4.90 Å². The molecule has 3 heteroatoms. The van der Waals surface area contributed by atoms with E-state index in [2.05, 4.69) is 56.9 Å². The first kappa shape index (κ1) is 18.1. The molecule has 1 aromatic carbocycles. The fraction of sp³-hybridized carbons (Fsp3) is 0.667. The van der Waals surface area contributed by atoms with Gasteiger partial charge >= 0.3 is 0 Å². The highest BCUT2D eigenvalue weighted by Gasteiger charge is 2.17. The minimum Gasteiger partial charge on any atom is -0.389 e. The van der Waals surface area contributed by atoms with E-state index in [1.807, 2.05) is 6.07 Å². The van der Waals surface area contributed by atoms with E-state index < -0.39 is 6.10 Å². The molecule has 0 heterocycles. The van der Waals surface area contributed by atoms with Gasteiger partial charge in [0.15, 0.2) is 0 Å². The first-order chi connectivity index (χ1) is 10.0. The molecule has 3 nitrogen and oxygen atoms in total. The fourth-order valence-electron chi connectivity index (χ4n) is 2.24. The second-order valence-corrected chi connectivity index (χ2v) is 6.26. The first-order valence-corrected chi connectivity index (χ1v) is 8.06. The summed E-state index contributed by atoms with van der Waals surface area (Å²) < 4.78 is 5.54. The van der Waals surface area contributed by atoms with Crippen LogP contribution in [0.3, 0.4) is 0 Å². The minimum atomic E-state index is -0.429. The quantitative estimate of drug-likeness (QED) is 0.718. The van der Waals surface area contributed by atoms with Crippen LogP contribution in [0.5, 0.6) is 0 Å². The summed E-state index contributed by atoms with van der Waals surface area (Å²) in [7, 11) is 0. The number of ether oxygens (including phenoxy) is 1. The van der Waals surface area contributed by atoms with Gasteiger partial charge in [0.1, 0.15) is 0 Å². The van der Waals surface area contributed by atoms with Crippen LogP contribution in [0.25, 0.3) is 0 Å². The van der Waals surface area contributed by atoms with Crippen molar-refractivity contribution in [2.24, 2.45) is 5.92 Å². The van der Waals surface area contributed by atoms with Crippen molar-refractivity contribution < 1.29 is 9.84 Å². The second-order valence-electron chi connectivity index (χ2n) is 6.26. The average molecular weight is 293 g/mol. The van der Waals surface area contributed by atoms with Gasteiger partial charge in [0, 0.05) is 25.7 Å². The zero-order valence-electron chi connectivity index (χ0n) is 14.0. The molecule has 0 aliphatic heterocycles. The Bertz CT molecular complexity index is 367. The molecule has 1 aromatic rings. The molecular weight excluding hydrogens is 262 g/mol. The summed E-state index contributed by atoms with van der Waals surface area (Å²) in [5, 5.41) is 10.2. The molecule has 0 aromatic heterocycles. The summed E-state index contributed by atoms with van der Waals surface area (Å²) in [6, 6.07) is 10.9. The molecule has 120 valence electrons. The Labute approximate surface area is 129 Å². The SMILES string of the molecule is CC[C@@H](C)N(Cc1ccccc1)C[C@H](O)COCC(C)C. The third-order valence-corrected chi connectivity index (χ3v) is 3.65. The predicted molar refractivity (Wildman–Crippen MR) is 88.3 cm³/mol. The summed E-state index contributed by atoms with van der Waals surface area (Å²) >= 11 is 0. The van der Waals surface area contributed by atoms with Crippen molar-refractivity contribution in [2.75, 3.05) is 19.8 Å². The Morgan fingerprint density at radius 2 is 1.76 bits per heavy atom. The Hall–Kier alpha value is -0.900. The Morgan fingerprint density at radius 1 is 1.10 bits per heavy atom. The lowest BCUT2D eigenvalue weighted by Gasteiger charge is -2.30. The average Bonchev–Trinajstić information content (AvgIpc) is 2.46. The maximum atomic E-state index is 10.2. The molecule has 0 bridgehead atoms. The van der Waals surface area contributed by atoms with E-state index in [1.54, 1.807) is 0 Å². The number of benzene rings is 1. The lowest BCUT2D eigenvalue weighted by atomic mass is 10.1. The highest BCUT2D eigenvalue weighted by atomic mass is 16.5. The number of hydrogen-bond donors (Lipinski definition) is 1. The Morgan fingerprint density at radius 3 is 2.33 bits per heavy atom. The van der Waals surface area contributed by atoms with Crippen molar-refractivity contribution in [3.63, 3.8) is 0 Å². The van der Waals surface area contributed by atoms with Crippen LogP contribution in [-0.4, -0.2) is 41.9 Å². The number of aliphatic hydroxyl groups excluding tert-OH is 1. The van der Waals surface area contributed by atoms with E-state index in [0.717, 1.165) is 13.0 Å². The molecule has 0 amide bonds. The molecule has 0 radical (unpaired) electrons. The highest BCUT2D eigenvalue weighted by molar-refractivity contribution is 5.14. The number of rotatable bonds is 10. The number of aliphatic hydroxyl groups is 1. The molecule has 1 rings (SSSR count). The molecule has 0 saturated carbocycles. The molecule has 0 fully saturated rings. The molecule has 0 unspecified atom stereocenters. The normalized spacial score (nSPS) is 14.6. The monoisotopic (exact) mass is 293 g/mol. The van der Waals surface area contributed by atoms with Crippen molar-refractivity contribution in [1.29, 1.82) is 0 Å². The molecule has 0 spiro atoms. The summed E-state index contributed by atoms with van der Waals surface area (Å²) in [5.74, 6) is 0.507. The van der Waals surface area contributed by atoms with Crippen LogP contribution >= 0.6 is 0 Å². The minimum absolute atomic E-state index is 0.417. The maximum Gasteiger partial charge on any atom is 0.0900 e. The van der Waals surface area contributed by atoms with Crippen LogP contribution in [-0.2, 0) is 11.3 Å². The number of nitrogens with zero attached hydrogens (tertiary/aromatic N) is 1. The van der Waals surface area contributed by atoms with E-state index in [9.17, 15) is 5.11 Å². The lowest BCUT2D eigenvalue weighted by Crippen LogP contribution is -2.40. The van der Waals surface area contributed by atoms with Gasteiger partial charge in [0.2, 0.25) is 0 Å². The molecule has 0 aliphatic rings. The smallest absolute Gasteiger partial charge is 0.0900 e. The van der Waals surface area contributed by atoms with Gasteiger partial charge in [-0.25, -0.2) is 0 Å². The van der Waals surface area contributed by atoms with Gasteiger partial charge in [-0.15, -0.1) is 0 Å². The van der Waals surface area contributed by atoms with Gasteiger partial charge in [-0.1, -0.05) is 51.1 Å². The zero-order chi connectivity index (χ0) is 15.7. The highest BCUT2D eigenvalue weighted by Crippen LogP contribution is 2.11. The van der Waals surface area contributed by atoms with Gasteiger partial charge in [0.25, 0.3) is 0 Å². The summed E-state index contributed by atoms with van der Waals surface area (Å²) in [5.41, 5.74) is 1.29. The molecule has 0 aliphatic carbocycles. The molecule has 0 saturated heterocycles. The van der Waals surface area contributed by atoms with Crippen LogP contribution in [0.15, 0.2) is 30.3 Å². The number of hydrogen-bond acceptors (Lipinski definition) is 3. The van der Waals surface area contributed by atoms with Gasteiger partial charge in [-0.05, 0) is 24.8 Å². The van der Waals surface area contributed by atoms with E-state index in [1.165, 1.54) is 5.56 Å². The van der Waals surface area contributed by atoms with Gasteiger partial charge < -0.3 is 9.84 Å². The topological polar surface area (TPSA) is 32.7 Å². The van der Waals surface area contributed by atoms with Crippen molar-refractivity contribution >= 4 is 0 Å². The Kier molecular flexibility index (Phi) is 8.58. The third kappa shape index (κ3) is 7.60. The van der Waals surface area contributed by atoms with Crippen LogP contribution in [0.1, 0.15) is 39.7 Å². The van der Waals surface area contributed by atoms with Crippen LogP contribution in [0.2, 0.25) is 0 Å². The Balaban J connectivity index is 2.49. The van der Waals surface area contributed by atoms with E-state index >= 15 is 0 Å². The van der Waals surface area contributed by atoms with Gasteiger partial charge in [0.05, 0.1) is 12.7 Å². The van der Waals surface area contributed by atoms with Crippen molar-refractivity contribution in [2.45, 2.75) is 52.8 Å². The molecule has 1 N–H and O–H groups in total. The van der Waals surface area contributed by atoms with E-state index in [4.69, 9.17) is 4.74 Å². The largest absolute Gasteiger partial charge is 0.389 e. The standard InChI is InChI=1S/C18H31NO2/c1-5-16(4)19(11-17-9-7-6-8-10-17)12-18(20)14-21-13-15(2)3/h6-10,15-16,18,20H,5,11-14H2,1-4H3/t16-,18+/m1/s1. The van der Waals surface area contributed by atoms with E-state index in [0.29, 0.717) is 31.7 Å². The van der Waals surface area contributed by atoms with Gasteiger partial charge in [-0.3, -0.25) is 4.90 Å². The molecular formula is C18H31NO2. The third-order valence-electron chi connectivity index (χ3n) is 3.65. The maximum absolute atomic E-state index is 10.2. The lowest BCUT2D eigenvalue weighted by molar-refractivity contribution is 0.000123. The molecule has 2 atom stereocenters. The van der Waals surface area contributed by atoms with Gasteiger partial charge in [-0.2, -0.15) is 0 Å². The molecule has 21 heavy (non-hydrogen) atoms. The summed E-state index contributed by atoms with van der Waals surface area (Å²) in [6.45, 7) is 11.3. The predicted octanol–water partition coefficient (Wildman–Crippen LogP) is 3.32. The van der Waals surface area contributed by atoms with E-state index in [-0.39, 0.29) is 0 Å². The zero-order valence-corrected chi connectivity index (χ0v) is 14.0. The van der Waals surface area contributed by atoms with Crippen LogP contribution in [0, 0.1) is 5.92 Å². The second kappa shape index (κ2) is 9.93.